The minimum absolute atomic E-state index is 0.0346. The fourth-order valence-corrected chi connectivity index (χ4v) is 2.41. The van der Waals surface area contributed by atoms with Crippen molar-refractivity contribution in [1.82, 2.24) is 4.98 Å². The van der Waals surface area contributed by atoms with Gasteiger partial charge in [-0.15, -0.1) is 11.8 Å². The van der Waals surface area contributed by atoms with Gasteiger partial charge in [0.15, 0.2) is 0 Å². The van der Waals surface area contributed by atoms with E-state index in [0.29, 0.717) is 12.2 Å². The van der Waals surface area contributed by atoms with Gasteiger partial charge >= 0.3 is 0 Å². The minimum atomic E-state index is -3.31. The molecule has 0 aliphatic rings. The Hall–Kier alpha value is -0.590. The van der Waals surface area contributed by atoms with Crippen molar-refractivity contribution in [3.8, 4) is 0 Å². The molecule has 0 spiro atoms. The molecule has 0 aromatic carbocycles. The summed E-state index contributed by atoms with van der Waals surface area (Å²) < 4.78 is 21.2. The first-order valence-electron chi connectivity index (χ1n) is 4.12. The van der Waals surface area contributed by atoms with Crippen molar-refractivity contribution in [1.29, 1.82) is 0 Å². The molecule has 14 heavy (non-hydrogen) atoms. The van der Waals surface area contributed by atoms with Gasteiger partial charge < -0.3 is 0 Å². The van der Waals surface area contributed by atoms with Crippen LogP contribution in [-0.2, 0) is 10.0 Å². The smallest absolute Gasteiger partial charge is 0.209 e. The molecule has 0 aliphatic heterocycles. The molecular weight excluding hydrogens is 220 g/mol. The summed E-state index contributed by atoms with van der Waals surface area (Å²) in [5.41, 5.74) is 0. The number of aromatic nitrogens is 1. The Morgan fingerprint density at radius 1 is 1.43 bits per heavy atom. The highest BCUT2D eigenvalue weighted by Gasteiger charge is 2.02. The van der Waals surface area contributed by atoms with Crippen LogP contribution in [-0.4, -0.2) is 24.9 Å². The molecule has 0 saturated heterocycles. The summed E-state index contributed by atoms with van der Waals surface area (Å²) in [5, 5.41) is 5.77. The van der Waals surface area contributed by atoms with E-state index in [4.69, 9.17) is 5.14 Å². The summed E-state index contributed by atoms with van der Waals surface area (Å²) in [5.74, 6) is 0.750. The summed E-state index contributed by atoms with van der Waals surface area (Å²) in [6.45, 7) is 0. The molecule has 78 valence electrons. The van der Waals surface area contributed by atoms with Crippen molar-refractivity contribution < 1.29 is 8.42 Å². The topological polar surface area (TPSA) is 73.1 Å². The Kier molecular flexibility index (Phi) is 4.37. The van der Waals surface area contributed by atoms with Gasteiger partial charge in [-0.1, -0.05) is 6.07 Å². The van der Waals surface area contributed by atoms with E-state index in [1.54, 1.807) is 6.20 Å². The molecule has 4 nitrogen and oxygen atoms in total. The Balaban J connectivity index is 2.23. The Bertz CT molecular complexity index is 364. The molecule has 2 N–H and O–H groups in total. The van der Waals surface area contributed by atoms with Crippen LogP contribution >= 0.6 is 11.8 Å². The fourth-order valence-electron chi connectivity index (χ4n) is 0.869. The van der Waals surface area contributed by atoms with Gasteiger partial charge in [0.05, 0.1) is 10.8 Å². The highest BCUT2D eigenvalue weighted by Crippen LogP contribution is 2.14. The van der Waals surface area contributed by atoms with Crippen molar-refractivity contribution in [2.45, 2.75) is 11.4 Å². The van der Waals surface area contributed by atoms with E-state index < -0.39 is 10.0 Å². The number of nitrogens with two attached hydrogens (primary N) is 1. The van der Waals surface area contributed by atoms with Crippen LogP contribution < -0.4 is 5.14 Å². The standard InChI is InChI=1S/C8H12N2O2S2/c9-14(11,12)7-3-6-13-8-4-1-2-5-10-8/h1-2,4-5H,3,6-7H2,(H2,9,11,12). The molecule has 0 atom stereocenters. The number of hydrogen-bond acceptors (Lipinski definition) is 4. The maximum atomic E-state index is 10.6. The van der Waals surface area contributed by atoms with Crippen molar-refractivity contribution in [3.05, 3.63) is 24.4 Å². The van der Waals surface area contributed by atoms with Crippen LogP contribution in [0.25, 0.3) is 0 Å². The van der Waals surface area contributed by atoms with E-state index in [1.165, 1.54) is 11.8 Å². The van der Waals surface area contributed by atoms with Crippen LogP contribution in [0.4, 0.5) is 0 Å². The summed E-state index contributed by atoms with van der Waals surface area (Å²) >= 11 is 1.53. The van der Waals surface area contributed by atoms with E-state index in [9.17, 15) is 8.42 Å². The zero-order valence-electron chi connectivity index (χ0n) is 7.59. The SMILES string of the molecule is NS(=O)(=O)CCCSc1ccccn1. The number of nitrogens with zero attached hydrogens (tertiary/aromatic N) is 1. The highest BCUT2D eigenvalue weighted by atomic mass is 32.2. The molecular formula is C8H12N2O2S2. The molecule has 0 saturated carbocycles. The van der Waals surface area contributed by atoms with Gasteiger partial charge in [0.1, 0.15) is 0 Å². The third-order valence-corrected chi connectivity index (χ3v) is 3.35. The zero-order valence-corrected chi connectivity index (χ0v) is 9.22. The van der Waals surface area contributed by atoms with Crippen LogP contribution in [0.2, 0.25) is 0 Å². The first-order chi connectivity index (χ1) is 6.58. The third kappa shape index (κ3) is 5.21. The second kappa shape index (κ2) is 5.33. The van der Waals surface area contributed by atoms with Crippen LogP contribution in [0.3, 0.4) is 0 Å². The number of thioether (sulfide) groups is 1. The molecule has 1 heterocycles. The van der Waals surface area contributed by atoms with Crippen molar-refractivity contribution in [2.24, 2.45) is 5.14 Å². The lowest BCUT2D eigenvalue weighted by Gasteiger charge is -1.99. The maximum absolute atomic E-state index is 10.6. The lowest BCUT2D eigenvalue weighted by atomic mass is 10.5. The van der Waals surface area contributed by atoms with Gasteiger partial charge in [0, 0.05) is 11.9 Å². The van der Waals surface area contributed by atoms with E-state index >= 15 is 0 Å². The summed E-state index contributed by atoms with van der Waals surface area (Å²) in [6, 6.07) is 5.63. The lowest BCUT2D eigenvalue weighted by Crippen LogP contribution is -2.16. The lowest BCUT2D eigenvalue weighted by molar-refractivity contribution is 0.596. The fraction of sp³-hybridized carbons (Fsp3) is 0.375. The molecule has 1 rings (SSSR count). The molecule has 1 aromatic heterocycles. The van der Waals surface area contributed by atoms with Gasteiger partial charge in [0.2, 0.25) is 10.0 Å². The van der Waals surface area contributed by atoms with Gasteiger partial charge in [0.25, 0.3) is 0 Å². The molecule has 0 amide bonds. The average molecular weight is 232 g/mol. The quantitative estimate of drug-likeness (QED) is 0.603. The Morgan fingerprint density at radius 3 is 2.79 bits per heavy atom. The predicted octanol–water partition coefficient (Wildman–Crippen LogP) is 0.852. The van der Waals surface area contributed by atoms with E-state index in [0.717, 1.165) is 5.03 Å². The summed E-state index contributed by atoms with van der Waals surface area (Å²) in [4.78, 5) is 4.09. The molecule has 0 fully saturated rings. The van der Waals surface area contributed by atoms with Crippen molar-refractivity contribution >= 4 is 21.8 Å². The summed E-state index contributed by atoms with van der Waals surface area (Å²) in [6.07, 6.45) is 2.27. The number of sulfonamides is 1. The van der Waals surface area contributed by atoms with E-state index in [1.807, 2.05) is 18.2 Å². The Labute approximate surface area is 88.0 Å². The number of pyridine rings is 1. The third-order valence-electron chi connectivity index (χ3n) is 1.46. The van der Waals surface area contributed by atoms with Gasteiger partial charge in [-0.05, 0) is 18.6 Å². The van der Waals surface area contributed by atoms with Crippen molar-refractivity contribution in [3.63, 3.8) is 0 Å². The maximum Gasteiger partial charge on any atom is 0.209 e. The summed E-state index contributed by atoms with van der Waals surface area (Å²) in [7, 11) is -3.31. The van der Waals surface area contributed by atoms with E-state index in [2.05, 4.69) is 4.98 Å². The van der Waals surface area contributed by atoms with E-state index in [-0.39, 0.29) is 5.75 Å². The van der Waals surface area contributed by atoms with Gasteiger partial charge in [-0.3, -0.25) is 0 Å². The first-order valence-corrected chi connectivity index (χ1v) is 6.82. The van der Waals surface area contributed by atoms with Gasteiger partial charge in [-0.2, -0.15) is 0 Å². The molecule has 0 radical (unpaired) electrons. The Morgan fingerprint density at radius 2 is 2.21 bits per heavy atom. The van der Waals surface area contributed by atoms with Gasteiger partial charge in [-0.25, -0.2) is 18.5 Å². The highest BCUT2D eigenvalue weighted by molar-refractivity contribution is 7.99. The predicted molar refractivity (Wildman–Crippen MR) is 57.6 cm³/mol. The zero-order chi connectivity index (χ0) is 10.4. The second-order valence-corrected chi connectivity index (χ2v) is 5.59. The monoisotopic (exact) mass is 232 g/mol. The second-order valence-electron chi connectivity index (χ2n) is 2.74. The average Bonchev–Trinajstić information content (AvgIpc) is 2.13. The van der Waals surface area contributed by atoms with Crippen LogP contribution in [0.1, 0.15) is 6.42 Å². The van der Waals surface area contributed by atoms with Crippen LogP contribution in [0.15, 0.2) is 29.4 Å². The number of hydrogen-bond donors (Lipinski definition) is 1. The number of primary sulfonamides is 1. The molecule has 0 bridgehead atoms. The minimum Gasteiger partial charge on any atom is -0.250 e. The first kappa shape index (κ1) is 11.5. The molecule has 1 aromatic rings. The largest absolute Gasteiger partial charge is 0.250 e. The molecule has 0 aliphatic carbocycles. The number of rotatable bonds is 5. The normalized spacial score (nSPS) is 11.5. The van der Waals surface area contributed by atoms with Crippen LogP contribution in [0.5, 0.6) is 0 Å². The molecule has 6 heteroatoms. The molecule has 0 unspecified atom stereocenters. The van der Waals surface area contributed by atoms with Crippen molar-refractivity contribution in [2.75, 3.05) is 11.5 Å². The van der Waals surface area contributed by atoms with Crippen LogP contribution in [0, 0.1) is 0 Å².